The molecule has 1 aromatic heterocycles. The molecule has 0 spiro atoms. The van der Waals surface area contributed by atoms with E-state index in [9.17, 15) is 4.79 Å². The molecule has 0 fully saturated rings. The fourth-order valence-corrected chi connectivity index (χ4v) is 3.13. The zero-order valence-corrected chi connectivity index (χ0v) is 16.6. The fraction of sp³-hybridized carbons (Fsp3) is 0.556. The zero-order valence-electron chi connectivity index (χ0n) is 15.6. The van der Waals surface area contributed by atoms with E-state index in [4.69, 9.17) is 14.2 Å². The van der Waals surface area contributed by atoms with Gasteiger partial charge < -0.3 is 14.2 Å². The summed E-state index contributed by atoms with van der Waals surface area (Å²) in [5.74, 6) is 0.389. The third-order valence-electron chi connectivity index (χ3n) is 3.86. The maximum absolute atomic E-state index is 11.3. The van der Waals surface area contributed by atoms with Crippen molar-refractivity contribution in [2.75, 3.05) is 26.9 Å². The van der Waals surface area contributed by atoms with Gasteiger partial charge >= 0.3 is 0 Å². The predicted molar refractivity (Wildman–Crippen MR) is 101 cm³/mol. The molecule has 1 aromatic carbocycles. The Morgan fingerprint density at radius 1 is 1.16 bits per heavy atom. The van der Waals surface area contributed by atoms with Gasteiger partial charge in [0.25, 0.3) is 0 Å². The van der Waals surface area contributed by atoms with Gasteiger partial charge in [-0.05, 0) is 23.7 Å². The van der Waals surface area contributed by atoms with Gasteiger partial charge in [-0.3, -0.25) is 9.36 Å². The number of imidazole rings is 1. The van der Waals surface area contributed by atoms with Crippen molar-refractivity contribution in [1.82, 2.24) is 9.55 Å². The van der Waals surface area contributed by atoms with Crippen LogP contribution in [0, 0.1) is 0 Å². The average Bonchev–Trinajstić information content (AvgIpc) is 2.92. The Hall–Kier alpha value is -1.54. The first-order chi connectivity index (χ1) is 11.9. The van der Waals surface area contributed by atoms with E-state index in [2.05, 4.69) is 24.6 Å². The van der Waals surface area contributed by atoms with Crippen molar-refractivity contribution in [2.45, 2.75) is 39.0 Å². The number of carbonyl (C=O) groups excluding carboxylic acids is 1. The number of ether oxygens (including phenoxy) is 3. The molecule has 2 rings (SSSR count). The Morgan fingerprint density at radius 3 is 2.64 bits per heavy atom. The molecule has 0 aliphatic carbocycles. The molecule has 0 atom stereocenters. The maximum atomic E-state index is 11.3. The number of nitrogens with zero attached hydrogens (tertiary/aromatic N) is 2. The van der Waals surface area contributed by atoms with Crippen LogP contribution in [0.1, 0.15) is 16.2 Å². The van der Waals surface area contributed by atoms with Crippen molar-refractivity contribution >= 4 is 25.4 Å². The summed E-state index contributed by atoms with van der Waals surface area (Å²) in [6, 6.07) is 6.97. The van der Waals surface area contributed by atoms with E-state index in [1.807, 2.05) is 22.8 Å². The monoisotopic (exact) mass is 364 g/mol. The third kappa shape index (κ3) is 6.04. The molecule has 0 saturated carbocycles. The van der Waals surface area contributed by atoms with Crippen LogP contribution >= 0.6 is 0 Å². The molecule has 0 amide bonds. The molecule has 0 aliphatic rings. The fourth-order valence-electron chi connectivity index (χ4n) is 2.37. The maximum Gasteiger partial charge on any atom is 0.185 e. The molecule has 138 valence electrons. The number of benzene rings is 1. The van der Waals surface area contributed by atoms with E-state index in [0.717, 1.165) is 28.9 Å². The van der Waals surface area contributed by atoms with Gasteiger partial charge in [0.1, 0.15) is 6.73 Å². The number of rotatable bonds is 11. The van der Waals surface area contributed by atoms with Crippen molar-refractivity contribution in [2.24, 2.45) is 0 Å². The minimum Gasteiger partial charge on any atom is -0.382 e. The minimum atomic E-state index is -1.13. The summed E-state index contributed by atoms with van der Waals surface area (Å²) in [6.07, 6.45) is 0.774. The summed E-state index contributed by atoms with van der Waals surface area (Å²) in [7, 11) is 0.518. The first kappa shape index (κ1) is 19.8. The van der Waals surface area contributed by atoms with Crippen LogP contribution in [0.4, 0.5) is 0 Å². The van der Waals surface area contributed by atoms with Crippen LogP contribution in [0.2, 0.25) is 25.7 Å². The summed E-state index contributed by atoms with van der Waals surface area (Å²) in [5, 5.41) is 0. The standard InChI is InChI=1S/C18H28N2O4Si/c1-22-7-8-23-13-15-5-6-16-17(11-15)20(18(12-21)19-16)14-24-9-10-25(2,3)4/h5-6,11-12H,7-10,13-14H2,1-4H3. The van der Waals surface area contributed by atoms with E-state index >= 15 is 0 Å². The van der Waals surface area contributed by atoms with Crippen molar-refractivity contribution in [3.8, 4) is 0 Å². The van der Waals surface area contributed by atoms with Gasteiger partial charge in [-0.2, -0.15) is 0 Å². The summed E-state index contributed by atoms with van der Waals surface area (Å²) in [5.41, 5.74) is 2.71. The SMILES string of the molecule is COCCOCc1ccc2nc(C=O)n(COCC[Si](C)(C)C)c2c1. The van der Waals surface area contributed by atoms with Gasteiger partial charge in [0.15, 0.2) is 12.1 Å². The van der Waals surface area contributed by atoms with Gasteiger partial charge in [0.2, 0.25) is 0 Å². The van der Waals surface area contributed by atoms with Crippen molar-refractivity contribution in [3.63, 3.8) is 0 Å². The molecule has 1 heterocycles. The predicted octanol–water partition coefficient (Wildman–Crippen LogP) is 3.32. The van der Waals surface area contributed by atoms with Gasteiger partial charge in [0.05, 0.1) is 30.9 Å². The highest BCUT2D eigenvalue weighted by molar-refractivity contribution is 6.76. The molecule has 25 heavy (non-hydrogen) atoms. The van der Waals surface area contributed by atoms with E-state index in [1.54, 1.807) is 7.11 Å². The number of aromatic nitrogens is 2. The van der Waals surface area contributed by atoms with Gasteiger partial charge in [-0.1, -0.05) is 25.7 Å². The minimum absolute atomic E-state index is 0.336. The van der Waals surface area contributed by atoms with Gasteiger partial charge in [0, 0.05) is 21.8 Å². The molecule has 2 aromatic rings. The van der Waals surface area contributed by atoms with E-state index in [0.29, 0.717) is 39.0 Å². The molecule has 0 bridgehead atoms. The number of hydrogen-bond donors (Lipinski definition) is 0. The first-order valence-electron chi connectivity index (χ1n) is 8.53. The Labute approximate surface area is 150 Å². The second-order valence-electron chi connectivity index (χ2n) is 7.23. The van der Waals surface area contributed by atoms with Gasteiger partial charge in [-0.25, -0.2) is 4.98 Å². The van der Waals surface area contributed by atoms with Crippen molar-refractivity contribution in [3.05, 3.63) is 29.6 Å². The Balaban J connectivity index is 2.09. The number of hydrogen-bond acceptors (Lipinski definition) is 5. The van der Waals surface area contributed by atoms with Crippen molar-refractivity contribution in [1.29, 1.82) is 0 Å². The summed E-state index contributed by atoms with van der Waals surface area (Å²) < 4.78 is 18.2. The topological polar surface area (TPSA) is 62.6 Å². The molecule has 0 saturated heterocycles. The second-order valence-corrected chi connectivity index (χ2v) is 12.9. The largest absolute Gasteiger partial charge is 0.382 e. The molecule has 0 aliphatic heterocycles. The molecule has 0 radical (unpaired) electrons. The van der Waals surface area contributed by atoms with E-state index in [-0.39, 0.29) is 0 Å². The summed E-state index contributed by atoms with van der Waals surface area (Å²) >= 11 is 0. The van der Waals surface area contributed by atoms with Gasteiger partial charge in [-0.15, -0.1) is 0 Å². The number of aldehydes is 1. The molecular formula is C18H28N2O4Si. The average molecular weight is 365 g/mol. The number of carbonyl (C=O) groups is 1. The van der Waals surface area contributed by atoms with Crippen LogP contribution in [-0.4, -0.2) is 50.8 Å². The highest BCUT2D eigenvalue weighted by Crippen LogP contribution is 2.19. The Morgan fingerprint density at radius 2 is 1.96 bits per heavy atom. The highest BCUT2D eigenvalue weighted by atomic mass is 28.3. The van der Waals surface area contributed by atoms with Crippen LogP contribution in [-0.2, 0) is 27.5 Å². The number of methoxy groups -OCH3 is 1. The van der Waals surface area contributed by atoms with Crippen LogP contribution in [0.3, 0.4) is 0 Å². The third-order valence-corrected chi connectivity index (χ3v) is 5.57. The first-order valence-corrected chi connectivity index (χ1v) is 12.2. The van der Waals surface area contributed by atoms with Crippen LogP contribution in [0.15, 0.2) is 18.2 Å². The Kier molecular flexibility index (Phi) is 7.31. The second kappa shape index (κ2) is 9.24. The van der Waals surface area contributed by atoms with E-state index < -0.39 is 8.07 Å². The normalized spacial score (nSPS) is 12.0. The lowest BCUT2D eigenvalue weighted by Crippen LogP contribution is -2.22. The highest BCUT2D eigenvalue weighted by Gasteiger charge is 2.14. The van der Waals surface area contributed by atoms with Crippen molar-refractivity contribution < 1.29 is 19.0 Å². The lowest BCUT2D eigenvalue weighted by molar-refractivity contribution is 0.0616. The lowest BCUT2D eigenvalue weighted by atomic mass is 10.2. The van der Waals surface area contributed by atoms with Crippen LogP contribution in [0.5, 0.6) is 0 Å². The zero-order chi connectivity index (χ0) is 18.3. The Bertz CT molecular complexity index is 694. The molecule has 6 nitrogen and oxygen atoms in total. The molecule has 0 unspecified atom stereocenters. The smallest absolute Gasteiger partial charge is 0.185 e. The molecule has 7 heteroatoms. The summed E-state index contributed by atoms with van der Waals surface area (Å²) in [6.45, 7) is 9.60. The van der Waals surface area contributed by atoms with Crippen LogP contribution < -0.4 is 0 Å². The quantitative estimate of drug-likeness (QED) is 0.348. The number of fused-ring (bicyclic) bond motifs is 1. The molecule has 0 N–H and O–H groups in total. The van der Waals surface area contributed by atoms with Crippen LogP contribution in [0.25, 0.3) is 11.0 Å². The summed E-state index contributed by atoms with van der Waals surface area (Å²) in [4.78, 5) is 15.7. The van der Waals surface area contributed by atoms with E-state index in [1.165, 1.54) is 0 Å². The lowest BCUT2D eigenvalue weighted by Gasteiger charge is -2.16. The molecular weight excluding hydrogens is 336 g/mol.